The number of nitriles is 1. The average molecular weight is 292 g/mol. The van der Waals surface area contributed by atoms with E-state index in [0.717, 1.165) is 0 Å². The van der Waals surface area contributed by atoms with Crippen molar-refractivity contribution in [3.05, 3.63) is 65.7 Å². The first-order chi connectivity index (χ1) is 9.05. The summed E-state index contributed by atoms with van der Waals surface area (Å²) in [5.41, 5.74) is 0.774. The van der Waals surface area contributed by atoms with Crippen LogP contribution in [0.1, 0.15) is 15.8 Å². The third-order valence-corrected chi connectivity index (χ3v) is 5.32. The topological polar surface area (TPSA) is 57.9 Å². The molecule has 0 amide bonds. The number of nitrogens with zero attached hydrogens (tertiary/aromatic N) is 1. The van der Waals surface area contributed by atoms with Crippen LogP contribution < -0.4 is 0 Å². The molecule has 0 saturated carbocycles. The molecule has 1 atom stereocenters. The summed E-state index contributed by atoms with van der Waals surface area (Å²) in [6.45, 7) is 0. The van der Waals surface area contributed by atoms with Gasteiger partial charge < -0.3 is 0 Å². The molecule has 0 fully saturated rings. The zero-order valence-electron chi connectivity index (χ0n) is 9.82. The average Bonchev–Trinajstić information content (AvgIpc) is 2.47. The highest BCUT2D eigenvalue weighted by molar-refractivity contribution is 7.92. The summed E-state index contributed by atoms with van der Waals surface area (Å²) in [6.07, 6.45) is 0. The molecule has 0 aliphatic carbocycles. The van der Waals surface area contributed by atoms with Crippen LogP contribution in [0.15, 0.2) is 59.5 Å². The normalized spacial score (nSPS) is 12.6. The smallest absolute Gasteiger partial charge is 0.199 e. The zero-order valence-corrected chi connectivity index (χ0v) is 11.4. The van der Waals surface area contributed by atoms with Gasteiger partial charge in [-0.05, 0) is 29.8 Å². The standard InChI is InChI=1S/C14H10ClNO2S/c15-14(12-6-4-5-11(9-12)10-16)19(17,18)13-7-2-1-3-8-13/h1-9,14H. The van der Waals surface area contributed by atoms with Gasteiger partial charge in [0.25, 0.3) is 0 Å². The minimum absolute atomic E-state index is 0.164. The van der Waals surface area contributed by atoms with Gasteiger partial charge in [-0.3, -0.25) is 0 Å². The van der Waals surface area contributed by atoms with E-state index in [1.165, 1.54) is 18.2 Å². The third kappa shape index (κ3) is 2.78. The summed E-state index contributed by atoms with van der Waals surface area (Å²) in [4.78, 5) is 0.164. The zero-order chi connectivity index (χ0) is 13.9. The molecular weight excluding hydrogens is 282 g/mol. The van der Waals surface area contributed by atoms with E-state index >= 15 is 0 Å². The van der Waals surface area contributed by atoms with Crippen molar-refractivity contribution >= 4 is 21.4 Å². The van der Waals surface area contributed by atoms with Crippen LogP contribution in [-0.2, 0) is 9.84 Å². The van der Waals surface area contributed by atoms with Crippen LogP contribution in [0, 0.1) is 11.3 Å². The number of alkyl halides is 1. The van der Waals surface area contributed by atoms with Gasteiger partial charge in [0.1, 0.15) is 0 Å². The number of halogens is 1. The van der Waals surface area contributed by atoms with Crippen LogP contribution in [0.4, 0.5) is 0 Å². The molecule has 1 unspecified atom stereocenters. The number of hydrogen-bond donors (Lipinski definition) is 0. The van der Waals surface area contributed by atoms with E-state index < -0.39 is 14.5 Å². The minimum Gasteiger partial charge on any atom is -0.222 e. The summed E-state index contributed by atoms with van der Waals surface area (Å²) >= 11 is 6.06. The van der Waals surface area contributed by atoms with E-state index in [2.05, 4.69) is 0 Å². The van der Waals surface area contributed by atoms with Crippen molar-refractivity contribution in [2.75, 3.05) is 0 Å². The highest BCUT2D eigenvalue weighted by Crippen LogP contribution is 2.32. The maximum absolute atomic E-state index is 12.3. The van der Waals surface area contributed by atoms with Crippen molar-refractivity contribution < 1.29 is 8.42 Å². The van der Waals surface area contributed by atoms with Gasteiger partial charge in [-0.1, -0.05) is 41.9 Å². The van der Waals surface area contributed by atoms with Gasteiger partial charge >= 0.3 is 0 Å². The van der Waals surface area contributed by atoms with Crippen molar-refractivity contribution in [3.63, 3.8) is 0 Å². The first-order valence-corrected chi connectivity index (χ1v) is 7.47. The molecule has 2 rings (SSSR count). The quantitative estimate of drug-likeness (QED) is 0.816. The van der Waals surface area contributed by atoms with E-state index in [1.54, 1.807) is 36.4 Å². The fourth-order valence-electron chi connectivity index (χ4n) is 1.66. The second kappa shape index (κ2) is 5.43. The van der Waals surface area contributed by atoms with Crippen molar-refractivity contribution in [2.45, 2.75) is 9.60 Å². The summed E-state index contributed by atoms with van der Waals surface area (Å²) in [5, 5.41) is 8.82. The van der Waals surface area contributed by atoms with Gasteiger partial charge in [0.15, 0.2) is 14.5 Å². The third-order valence-electron chi connectivity index (χ3n) is 2.62. The van der Waals surface area contributed by atoms with E-state index in [-0.39, 0.29) is 4.90 Å². The number of rotatable bonds is 3. The molecule has 2 aromatic carbocycles. The fraction of sp³-hybridized carbons (Fsp3) is 0.0714. The molecule has 3 nitrogen and oxygen atoms in total. The van der Waals surface area contributed by atoms with Gasteiger partial charge in [0, 0.05) is 0 Å². The fourth-order valence-corrected chi connectivity index (χ4v) is 3.38. The minimum atomic E-state index is -3.66. The van der Waals surface area contributed by atoms with Crippen LogP contribution >= 0.6 is 11.6 Å². The Morgan fingerprint density at radius 1 is 1.05 bits per heavy atom. The predicted octanol–water partition coefficient (Wildman–Crippen LogP) is 3.27. The SMILES string of the molecule is N#Cc1cccc(C(Cl)S(=O)(=O)c2ccccc2)c1. The molecular formula is C14H10ClNO2S. The van der Waals surface area contributed by atoms with Gasteiger partial charge in [-0.2, -0.15) is 5.26 Å². The van der Waals surface area contributed by atoms with Gasteiger partial charge in [-0.15, -0.1) is 0 Å². The molecule has 0 heterocycles. The Morgan fingerprint density at radius 2 is 1.74 bits per heavy atom. The number of sulfone groups is 1. The first-order valence-electron chi connectivity index (χ1n) is 5.49. The van der Waals surface area contributed by atoms with E-state index in [0.29, 0.717) is 11.1 Å². The highest BCUT2D eigenvalue weighted by Gasteiger charge is 2.26. The monoisotopic (exact) mass is 291 g/mol. The van der Waals surface area contributed by atoms with Crippen LogP contribution in [-0.4, -0.2) is 8.42 Å². The lowest BCUT2D eigenvalue weighted by Crippen LogP contribution is -2.08. The summed E-state index contributed by atoms with van der Waals surface area (Å²) in [7, 11) is -3.66. The van der Waals surface area contributed by atoms with E-state index in [4.69, 9.17) is 16.9 Å². The van der Waals surface area contributed by atoms with Gasteiger partial charge in [0.2, 0.25) is 0 Å². The lowest BCUT2D eigenvalue weighted by Gasteiger charge is -2.11. The Balaban J connectivity index is 2.44. The molecule has 0 spiro atoms. The van der Waals surface area contributed by atoms with Crippen LogP contribution in [0.3, 0.4) is 0 Å². The highest BCUT2D eigenvalue weighted by atomic mass is 35.5. The second-order valence-electron chi connectivity index (χ2n) is 3.91. The lowest BCUT2D eigenvalue weighted by atomic mass is 10.2. The molecule has 0 aliphatic rings. The van der Waals surface area contributed by atoms with Crippen LogP contribution in [0.25, 0.3) is 0 Å². The molecule has 0 radical (unpaired) electrons. The second-order valence-corrected chi connectivity index (χ2v) is 6.64. The molecule has 96 valence electrons. The van der Waals surface area contributed by atoms with Crippen molar-refractivity contribution in [3.8, 4) is 6.07 Å². The molecule has 5 heteroatoms. The summed E-state index contributed by atoms with van der Waals surface area (Å²) in [6, 6.07) is 16.3. The lowest BCUT2D eigenvalue weighted by molar-refractivity contribution is 0.594. The Kier molecular flexibility index (Phi) is 3.89. The van der Waals surface area contributed by atoms with Crippen molar-refractivity contribution in [2.24, 2.45) is 0 Å². The molecule has 2 aromatic rings. The van der Waals surface area contributed by atoms with Crippen LogP contribution in [0.5, 0.6) is 0 Å². The Labute approximate surface area is 117 Å². The number of benzene rings is 2. The summed E-state index contributed by atoms with van der Waals surface area (Å²) in [5.74, 6) is 0. The largest absolute Gasteiger partial charge is 0.222 e. The summed E-state index contributed by atoms with van der Waals surface area (Å²) < 4.78 is 23.4. The molecule has 0 bridgehead atoms. The molecule has 0 N–H and O–H groups in total. The predicted molar refractivity (Wildman–Crippen MR) is 73.4 cm³/mol. The van der Waals surface area contributed by atoms with E-state index in [9.17, 15) is 8.42 Å². The molecule has 0 saturated heterocycles. The van der Waals surface area contributed by atoms with Crippen LogP contribution in [0.2, 0.25) is 0 Å². The first kappa shape index (κ1) is 13.6. The van der Waals surface area contributed by atoms with Gasteiger partial charge in [-0.25, -0.2) is 8.42 Å². The van der Waals surface area contributed by atoms with Crippen molar-refractivity contribution in [1.29, 1.82) is 5.26 Å². The molecule has 0 aromatic heterocycles. The molecule has 19 heavy (non-hydrogen) atoms. The Morgan fingerprint density at radius 3 is 2.37 bits per heavy atom. The number of hydrogen-bond acceptors (Lipinski definition) is 3. The molecule has 0 aliphatic heterocycles. The van der Waals surface area contributed by atoms with Crippen molar-refractivity contribution in [1.82, 2.24) is 0 Å². The maximum atomic E-state index is 12.3. The van der Waals surface area contributed by atoms with Gasteiger partial charge in [0.05, 0.1) is 16.5 Å². The Bertz CT molecular complexity index is 721. The maximum Gasteiger partial charge on any atom is 0.199 e. The van der Waals surface area contributed by atoms with E-state index in [1.807, 2.05) is 6.07 Å². The Hall–Kier alpha value is -1.83.